The fourth-order valence-corrected chi connectivity index (χ4v) is 2.46. The highest BCUT2D eigenvalue weighted by Crippen LogP contribution is 2.26. The minimum atomic E-state index is -3.27. The molecule has 0 atom stereocenters. The van der Waals surface area contributed by atoms with Gasteiger partial charge < -0.3 is 0 Å². The van der Waals surface area contributed by atoms with Gasteiger partial charge >= 0.3 is 0 Å². The summed E-state index contributed by atoms with van der Waals surface area (Å²) in [5.41, 5.74) is 0. The van der Waals surface area contributed by atoms with Gasteiger partial charge in [-0.05, 0) is 0 Å². The van der Waals surface area contributed by atoms with Gasteiger partial charge in [-0.3, -0.25) is 0 Å². The van der Waals surface area contributed by atoms with Crippen LogP contribution in [0.25, 0.3) is 10.8 Å². The molecule has 0 unspecified atom stereocenters. The van der Waals surface area contributed by atoms with Crippen molar-refractivity contribution in [3.8, 4) is 0 Å². The highest BCUT2D eigenvalue weighted by atomic mass is 35.5. The quantitative estimate of drug-likeness (QED) is 0.720. The number of halogens is 1. The van der Waals surface area contributed by atoms with Gasteiger partial charge in [0, 0.05) is 23.2 Å². The number of aromatic nitrogens is 1. The summed E-state index contributed by atoms with van der Waals surface area (Å²) < 4.78 is 23.0. The second kappa shape index (κ2) is 3.47. The van der Waals surface area contributed by atoms with Gasteiger partial charge in [0.2, 0.25) is 0 Å². The van der Waals surface area contributed by atoms with E-state index >= 15 is 0 Å². The lowest BCUT2D eigenvalue weighted by atomic mass is 10.2. The van der Waals surface area contributed by atoms with Gasteiger partial charge in [-0.15, -0.1) is 0 Å². The zero-order valence-electron chi connectivity index (χ0n) is 7.94. The molecule has 15 heavy (non-hydrogen) atoms. The van der Waals surface area contributed by atoms with Crippen LogP contribution in [0.15, 0.2) is 35.4 Å². The fourth-order valence-electron chi connectivity index (χ4n) is 1.43. The average molecular weight is 242 g/mol. The third-order valence-electron chi connectivity index (χ3n) is 2.11. The van der Waals surface area contributed by atoms with Crippen molar-refractivity contribution < 1.29 is 8.42 Å². The van der Waals surface area contributed by atoms with Crippen molar-refractivity contribution in [2.75, 3.05) is 6.26 Å². The monoisotopic (exact) mass is 241 g/mol. The van der Waals surface area contributed by atoms with E-state index in [2.05, 4.69) is 4.98 Å². The molecule has 0 saturated carbocycles. The van der Waals surface area contributed by atoms with E-state index in [1.165, 1.54) is 6.20 Å². The first-order valence-corrected chi connectivity index (χ1v) is 6.50. The number of sulfone groups is 1. The van der Waals surface area contributed by atoms with Gasteiger partial charge in [0.05, 0.1) is 4.90 Å². The molecule has 0 fully saturated rings. The van der Waals surface area contributed by atoms with Crippen LogP contribution in [0.1, 0.15) is 0 Å². The van der Waals surface area contributed by atoms with E-state index in [1.807, 2.05) is 0 Å². The molecule has 0 spiro atoms. The Morgan fingerprint density at radius 1 is 1.20 bits per heavy atom. The highest BCUT2D eigenvalue weighted by molar-refractivity contribution is 7.91. The van der Waals surface area contributed by atoms with Crippen LogP contribution in [-0.2, 0) is 9.84 Å². The normalized spacial score (nSPS) is 11.9. The molecule has 0 N–H and O–H groups in total. The van der Waals surface area contributed by atoms with Crippen molar-refractivity contribution in [2.24, 2.45) is 0 Å². The number of pyridine rings is 1. The minimum absolute atomic E-state index is 0.211. The molecule has 0 aliphatic rings. The van der Waals surface area contributed by atoms with Crippen molar-refractivity contribution in [3.05, 3.63) is 35.6 Å². The van der Waals surface area contributed by atoms with E-state index < -0.39 is 9.84 Å². The third kappa shape index (κ3) is 1.82. The lowest BCUT2D eigenvalue weighted by Crippen LogP contribution is -1.99. The number of hydrogen-bond donors (Lipinski definition) is 0. The molecule has 0 amide bonds. The van der Waals surface area contributed by atoms with Crippen molar-refractivity contribution in [3.63, 3.8) is 0 Å². The zero-order chi connectivity index (χ0) is 11.1. The summed E-state index contributed by atoms with van der Waals surface area (Å²) in [5.74, 6) is 0. The Morgan fingerprint density at radius 3 is 2.40 bits per heavy atom. The van der Waals surface area contributed by atoms with E-state index in [0.717, 1.165) is 6.26 Å². The van der Waals surface area contributed by atoms with Gasteiger partial charge in [-0.25, -0.2) is 13.4 Å². The predicted octanol–water partition coefficient (Wildman–Crippen LogP) is 2.29. The Morgan fingerprint density at radius 2 is 1.80 bits per heavy atom. The molecule has 1 aromatic carbocycles. The van der Waals surface area contributed by atoms with Crippen molar-refractivity contribution >= 4 is 32.2 Å². The first kappa shape index (κ1) is 10.4. The largest absolute Gasteiger partial charge is 0.243 e. The zero-order valence-corrected chi connectivity index (χ0v) is 9.51. The minimum Gasteiger partial charge on any atom is -0.243 e. The van der Waals surface area contributed by atoms with Gasteiger partial charge in [-0.1, -0.05) is 35.9 Å². The molecule has 3 nitrogen and oxygen atoms in total. The highest BCUT2D eigenvalue weighted by Gasteiger charge is 2.13. The first-order chi connectivity index (χ1) is 7.00. The molecule has 0 saturated heterocycles. The van der Waals surface area contributed by atoms with Crippen molar-refractivity contribution in [1.29, 1.82) is 0 Å². The summed E-state index contributed by atoms with van der Waals surface area (Å²) in [6, 6.07) is 7.04. The summed E-state index contributed by atoms with van der Waals surface area (Å²) in [6.45, 7) is 0. The second-order valence-electron chi connectivity index (χ2n) is 3.23. The molecule has 0 radical (unpaired) electrons. The van der Waals surface area contributed by atoms with Crippen LogP contribution in [0.3, 0.4) is 0 Å². The van der Waals surface area contributed by atoms with Crippen LogP contribution >= 0.6 is 11.6 Å². The number of hydrogen-bond acceptors (Lipinski definition) is 3. The SMILES string of the molecule is CS(=O)(=O)c1cnc(Cl)c2ccccc12. The van der Waals surface area contributed by atoms with Gasteiger partial charge in [0.1, 0.15) is 5.15 Å². The molecule has 0 bridgehead atoms. The molecule has 1 aromatic heterocycles. The standard InChI is InChI=1S/C10H8ClNO2S/c1-15(13,14)9-6-12-10(11)8-5-3-2-4-7(8)9/h2-6H,1H3. The molecule has 2 aromatic rings. The Hall–Kier alpha value is -1.13. The number of benzene rings is 1. The summed E-state index contributed by atoms with van der Waals surface area (Å²) >= 11 is 5.87. The fraction of sp³-hybridized carbons (Fsp3) is 0.100. The Bertz CT molecular complexity index is 622. The smallest absolute Gasteiger partial charge is 0.177 e. The topological polar surface area (TPSA) is 47.0 Å². The maximum atomic E-state index is 11.5. The van der Waals surface area contributed by atoms with Crippen LogP contribution < -0.4 is 0 Å². The Labute approximate surface area is 92.6 Å². The summed E-state index contributed by atoms with van der Waals surface area (Å²) in [5, 5.41) is 1.58. The molecule has 2 rings (SSSR count). The molecular weight excluding hydrogens is 234 g/mol. The van der Waals surface area contributed by atoms with Crippen LogP contribution in [-0.4, -0.2) is 19.7 Å². The summed E-state index contributed by atoms with van der Waals surface area (Å²) in [4.78, 5) is 4.07. The third-order valence-corrected chi connectivity index (χ3v) is 3.53. The van der Waals surface area contributed by atoms with Crippen molar-refractivity contribution in [2.45, 2.75) is 4.90 Å². The number of nitrogens with zero attached hydrogens (tertiary/aromatic N) is 1. The Kier molecular flexibility index (Phi) is 2.40. The van der Waals surface area contributed by atoms with Gasteiger partial charge in [0.25, 0.3) is 0 Å². The molecular formula is C10H8ClNO2S. The lowest BCUT2D eigenvalue weighted by Gasteiger charge is -2.04. The molecule has 1 heterocycles. The second-order valence-corrected chi connectivity index (χ2v) is 5.57. The van der Waals surface area contributed by atoms with Crippen LogP contribution in [0.5, 0.6) is 0 Å². The summed E-state index contributed by atoms with van der Waals surface area (Å²) in [6.07, 6.45) is 2.45. The maximum absolute atomic E-state index is 11.5. The Balaban J connectivity index is 2.96. The van der Waals surface area contributed by atoms with E-state index in [0.29, 0.717) is 15.9 Å². The van der Waals surface area contributed by atoms with Crippen LogP contribution in [0.4, 0.5) is 0 Å². The average Bonchev–Trinajstić information content (AvgIpc) is 2.17. The van der Waals surface area contributed by atoms with Crippen molar-refractivity contribution in [1.82, 2.24) is 4.98 Å². The predicted molar refractivity (Wildman–Crippen MR) is 59.9 cm³/mol. The van der Waals surface area contributed by atoms with Crippen LogP contribution in [0, 0.1) is 0 Å². The lowest BCUT2D eigenvalue weighted by molar-refractivity contribution is 0.602. The molecule has 0 aliphatic carbocycles. The molecule has 0 aliphatic heterocycles. The van der Waals surface area contributed by atoms with Gasteiger partial charge in [-0.2, -0.15) is 0 Å². The van der Waals surface area contributed by atoms with E-state index in [9.17, 15) is 8.42 Å². The van der Waals surface area contributed by atoms with E-state index in [4.69, 9.17) is 11.6 Å². The van der Waals surface area contributed by atoms with E-state index in [1.54, 1.807) is 24.3 Å². The number of fused-ring (bicyclic) bond motifs is 1. The molecule has 78 valence electrons. The number of rotatable bonds is 1. The summed E-state index contributed by atoms with van der Waals surface area (Å²) in [7, 11) is -3.27. The van der Waals surface area contributed by atoms with Crippen LogP contribution in [0.2, 0.25) is 5.15 Å². The first-order valence-electron chi connectivity index (χ1n) is 4.23. The molecule has 5 heteroatoms. The van der Waals surface area contributed by atoms with E-state index in [-0.39, 0.29) is 4.90 Å². The maximum Gasteiger partial charge on any atom is 0.177 e. The van der Waals surface area contributed by atoms with Gasteiger partial charge in [0.15, 0.2) is 9.84 Å².